The van der Waals surface area contributed by atoms with Crippen LogP contribution in [0.2, 0.25) is 10.4 Å². The van der Waals surface area contributed by atoms with Gasteiger partial charge in [0.25, 0.3) is 0 Å². The van der Waals surface area contributed by atoms with Crippen molar-refractivity contribution in [3.05, 3.63) is 42.4 Å². The number of hydrogen-bond donors (Lipinski definition) is 1. The van der Waals surface area contributed by atoms with Crippen molar-refractivity contribution < 1.29 is 0 Å². The molecular formula is C15H19AsN5. The molecule has 3 rings (SSSR count). The summed E-state index contributed by atoms with van der Waals surface area (Å²) in [6.45, 7) is 2.91. The summed E-state index contributed by atoms with van der Waals surface area (Å²) in [5.74, 6) is 1.71. The van der Waals surface area contributed by atoms with E-state index in [1.165, 1.54) is 6.42 Å². The van der Waals surface area contributed by atoms with Crippen molar-refractivity contribution in [1.29, 1.82) is 0 Å². The van der Waals surface area contributed by atoms with Crippen molar-refractivity contribution in [2.24, 2.45) is 0 Å². The third-order valence-electron chi connectivity index (χ3n) is 3.65. The molecule has 1 aliphatic heterocycles. The predicted molar refractivity (Wildman–Crippen MR) is 85.8 cm³/mol. The summed E-state index contributed by atoms with van der Waals surface area (Å²) >= 11 is 0.465. The molecule has 0 aromatic carbocycles. The summed E-state index contributed by atoms with van der Waals surface area (Å²) in [7, 11) is 0. The molecule has 1 saturated heterocycles. The standard InChI is InChI=1S/C15H19AsN5/c1-16-12-6-9-21(11-12)14-5-8-18-15(20-14)19-10-13-4-2-3-7-17-13/h2-5,7-8,12H,6,9-11H2,1H3,(H,18,19,20). The second kappa shape index (κ2) is 6.90. The first-order valence-electron chi connectivity index (χ1n) is 7.16. The van der Waals surface area contributed by atoms with Crippen LogP contribution < -0.4 is 10.2 Å². The Kier molecular flexibility index (Phi) is 4.71. The van der Waals surface area contributed by atoms with Gasteiger partial charge >= 0.3 is 132 Å². The zero-order valence-corrected chi connectivity index (χ0v) is 14.0. The van der Waals surface area contributed by atoms with Crippen LogP contribution in [0.15, 0.2) is 36.7 Å². The summed E-state index contributed by atoms with van der Waals surface area (Å²) in [5, 5.41) is 3.24. The number of hydrogen-bond acceptors (Lipinski definition) is 5. The number of pyridine rings is 1. The average Bonchev–Trinajstić information content (AvgIpc) is 3.03. The van der Waals surface area contributed by atoms with Crippen LogP contribution in [-0.4, -0.2) is 43.8 Å². The average molecular weight is 344 g/mol. The molecule has 6 heteroatoms. The van der Waals surface area contributed by atoms with Gasteiger partial charge in [-0.25, -0.2) is 0 Å². The molecule has 2 aromatic rings. The Morgan fingerprint density at radius 2 is 2.24 bits per heavy atom. The van der Waals surface area contributed by atoms with Crippen LogP contribution in [0.5, 0.6) is 0 Å². The van der Waals surface area contributed by atoms with Crippen molar-refractivity contribution >= 4 is 27.5 Å². The van der Waals surface area contributed by atoms with Crippen molar-refractivity contribution in [3.63, 3.8) is 0 Å². The number of aromatic nitrogens is 3. The van der Waals surface area contributed by atoms with E-state index in [0.717, 1.165) is 29.3 Å². The van der Waals surface area contributed by atoms with Gasteiger partial charge in [-0.05, 0) is 0 Å². The van der Waals surface area contributed by atoms with Gasteiger partial charge in [-0.15, -0.1) is 0 Å². The van der Waals surface area contributed by atoms with Gasteiger partial charge in [-0.1, -0.05) is 0 Å². The Hall–Kier alpha value is -1.61. The van der Waals surface area contributed by atoms with E-state index in [1.54, 1.807) is 6.20 Å². The maximum absolute atomic E-state index is 4.62. The number of anilines is 2. The zero-order valence-electron chi connectivity index (χ0n) is 12.1. The van der Waals surface area contributed by atoms with Crippen molar-refractivity contribution in [2.45, 2.75) is 23.4 Å². The quantitative estimate of drug-likeness (QED) is 0.843. The van der Waals surface area contributed by atoms with E-state index in [1.807, 2.05) is 30.5 Å². The molecule has 1 atom stereocenters. The summed E-state index contributed by atoms with van der Waals surface area (Å²) in [6.07, 6.45) is 4.93. The molecule has 0 saturated carbocycles. The van der Waals surface area contributed by atoms with E-state index in [9.17, 15) is 0 Å². The van der Waals surface area contributed by atoms with Gasteiger partial charge in [0.05, 0.1) is 0 Å². The maximum atomic E-state index is 4.62. The van der Waals surface area contributed by atoms with Crippen molar-refractivity contribution in [2.75, 3.05) is 23.3 Å². The first-order valence-corrected chi connectivity index (χ1v) is 10.1. The number of rotatable bonds is 5. The van der Waals surface area contributed by atoms with Gasteiger partial charge in [-0.2, -0.15) is 0 Å². The molecule has 3 heterocycles. The van der Waals surface area contributed by atoms with Gasteiger partial charge in [-0.3, -0.25) is 0 Å². The molecule has 109 valence electrons. The van der Waals surface area contributed by atoms with Crippen LogP contribution in [0.25, 0.3) is 0 Å². The fourth-order valence-corrected chi connectivity index (χ4v) is 3.98. The minimum atomic E-state index is 0.465. The van der Waals surface area contributed by atoms with E-state index < -0.39 is 0 Å². The van der Waals surface area contributed by atoms with Crippen LogP contribution in [0, 0.1) is 0 Å². The normalized spacial score (nSPS) is 18.5. The summed E-state index contributed by atoms with van der Waals surface area (Å²) in [4.78, 5) is 15.6. The van der Waals surface area contributed by atoms with Gasteiger partial charge in [0, 0.05) is 0 Å². The summed E-state index contributed by atoms with van der Waals surface area (Å²) in [6, 6.07) is 7.90. The van der Waals surface area contributed by atoms with Crippen molar-refractivity contribution in [1.82, 2.24) is 15.0 Å². The Bertz CT molecular complexity index is 577. The molecule has 0 aliphatic carbocycles. The molecule has 1 radical (unpaired) electrons. The van der Waals surface area contributed by atoms with Gasteiger partial charge in [0.1, 0.15) is 0 Å². The molecular weight excluding hydrogens is 325 g/mol. The molecule has 1 aliphatic rings. The molecule has 2 aromatic heterocycles. The Balaban J connectivity index is 1.63. The van der Waals surface area contributed by atoms with Crippen LogP contribution >= 0.6 is 0 Å². The molecule has 21 heavy (non-hydrogen) atoms. The third-order valence-corrected chi connectivity index (χ3v) is 6.06. The van der Waals surface area contributed by atoms with Crippen LogP contribution in [-0.2, 0) is 6.54 Å². The summed E-state index contributed by atoms with van der Waals surface area (Å²) in [5.41, 5.74) is 3.34. The molecule has 0 amide bonds. The predicted octanol–water partition coefficient (Wildman–Crippen LogP) is 2.23. The van der Waals surface area contributed by atoms with Gasteiger partial charge in [0.2, 0.25) is 0 Å². The second-order valence-corrected chi connectivity index (χ2v) is 7.68. The topological polar surface area (TPSA) is 53.9 Å². The molecule has 1 unspecified atom stereocenters. The van der Waals surface area contributed by atoms with Crippen LogP contribution in [0.1, 0.15) is 12.1 Å². The zero-order chi connectivity index (χ0) is 14.5. The Labute approximate surface area is 131 Å². The minimum absolute atomic E-state index is 0.465. The van der Waals surface area contributed by atoms with Gasteiger partial charge < -0.3 is 0 Å². The Morgan fingerprint density at radius 3 is 3.00 bits per heavy atom. The number of nitrogens with zero attached hydrogens (tertiary/aromatic N) is 4. The first kappa shape index (κ1) is 14.3. The Morgan fingerprint density at radius 1 is 1.29 bits per heavy atom. The second-order valence-electron chi connectivity index (χ2n) is 5.06. The van der Waals surface area contributed by atoms with E-state index in [4.69, 9.17) is 0 Å². The summed E-state index contributed by atoms with van der Waals surface area (Å²) < 4.78 is 0.890. The van der Waals surface area contributed by atoms with Gasteiger partial charge in [0.15, 0.2) is 0 Å². The number of nitrogens with one attached hydrogen (secondary N) is 1. The van der Waals surface area contributed by atoms with Crippen molar-refractivity contribution in [3.8, 4) is 0 Å². The fourth-order valence-electron chi connectivity index (χ4n) is 2.44. The van der Waals surface area contributed by atoms with Crippen LogP contribution in [0.4, 0.5) is 11.8 Å². The van der Waals surface area contributed by atoms with E-state index in [0.29, 0.717) is 28.2 Å². The molecule has 1 fully saturated rings. The SMILES string of the molecule is C[As]C1CCN(c2ccnc(NCc3ccccn3)n2)C1. The van der Waals surface area contributed by atoms with Crippen LogP contribution in [0.3, 0.4) is 0 Å². The molecule has 1 N–H and O–H groups in total. The van der Waals surface area contributed by atoms with E-state index in [-0.39, 0.29) is 0 Å². The third kappa shape index (κ3) is 3.73. The first-order chi connectivity index (χ1) is 10.3. The molecule has 0 bridgehead atoms. The van der Waals surface area contributed by atoms with E-state index >= 15 is 0 Å². The molecule has 5 nitrogen and oxygen atoms in total. The monoisotopic (exact) mass is 344 g/mol. The van der Waals surface area contributed by atoms with E-state index in [2.05, 4.69) is 30.9 Å². The fraction of sp³-hybridized carbons (Fsp3) is 0.400. The molecule has 0 spiro atoms.